The van der Waals surface area contributed by atoms with Crippen molar-refractivity contribution in [2.45, 2.75) is 43.8 Å². The molecule has 1 heterocycles. The molecule has 0 fully saturated rings. The lowest BCUT2D eigenvalue weighted by molar-refractivity contribution is 0.705. The second-order valence-corrected chi connectivity index (χ2v) is 12.9. The Morgan fingerprint density at radius 3 is 2.19 bits per heavy atom. The van der Waals surface area contributed by atoms with Gasteiger partial charge >= 0.3 is 0 Å². The summed E-state index contributed by atoms with van der Waals surface area (Å²) in [6.45, 7) is 12.0. The standard InChI is InChI=1S/C18H23NSSi/c1-18(2,3)21(4,5)19-15-11-7-6-9-13(15)14-10-8-12-16(20)17(14)19/h6-12,20H,1-5H3. The maximum atomic E-state index is 4.76. The Morgan fingerprint density at radius 2 is 1.52 bits per heavy atom. The normalized spacial score (nSPS) is 13.2. The lowest BCUT2D eigenvalue weighted by Gasteiger charge is -2.39. The quantitative estimate of drug-likeness (QED) is 0.419. The van der Waals surface area contributed by atoms with Gasteiger partial charge in [0.25, 0.3) is 0 Å². The fourth-order valence-electron chi connectivity index (χ4n) is 2.92. The van der Waals surface area contributed by atoms with E-state index in [1.165, 1.54) is 21.8 Å². The third kappa shape index (κ3) is 2.06. The van der Waals surface area contributed by atoms with Gasteiger partial charge in [0.1, 0.15) is 0 Å². The number of benzene rings is 2. The topological polar surface area (TPSA) is 4.93 Å². The summed E-state index contributed by atoms with van der Waals surface area (Å²) in [6, 6.07) is 15.2. The number of hydrogen-bond donors (Lipinski definition) is 1. The van der Waals surface area contributed by atoms with Crippen molar-refractivity contribution in [3.8, 4) is 0 Å². The average Bonchev–Trinajstić information content (AvgIpc) is 2.74. The Hall–Kier alpha value is -1.19. The first kappa shape index (κ1) is 14.7. The van der Waals surface area contributed by atoms with Crippen LogP contribution < -0.4 is 0 Å². The molecule has 0 aliphatic carbocycles. The van der Waals surface area contributed by atoms with Crippen molar-refractivity contribution >= 4 is 42.7 Å². The minimum absolute atomic E-state index is 0.276. The van der Waals surface area contributed by atoms with E-state index in [9.17, 15) is 0 Å². The van der Waals surface area contributed by atoms with E-state index in [0.29, 0.717) is 0 Å². The molecule has 110 valence electrons. The van der Waals surface area contributed by atoms with Crippen molar-refractivity contribution in [3.05, 3.63) is 42.5 Å². The monoisotopic (exact) mass is 313 g/mol. The van der Waals surface area contributed by atoms with Gasteiger partial charge in [0.2, 0.25) is 0 Å². The molecular weight excluding hydrogens is 290 g/mol. The molecule has 2 aromatic carbocycles. The zero-order valence-electron chi connectivity index (χ0n) is 13.4. The van der Waals surface area contributed by atoms with E-state index in [0.717, 1.165) is 4.90 Å². The zero-order valence-corrected chi connectivity index (χ0v) is 15.3. The van der Waals surface area contributed by atoms with Crippen LogP contribution in [0.2, 0.25) is 18.1 Å². The maximum absolute atomic E-state index is 4.76. The van der Waals surface area contributed by atoms with E-state index in [2.05, 4.69) is 80.6 Å². The molecule has 0 N–H and O–H groups in total. The lowest BCUT2D eigenvalue weighted by atomic mass is 10.1. The maximum Gasteiger partial charge on any atom is 0.161 e. The first-order valence-corrected chi connectivity index (χ1v) is 10.9. The Balaban J connectivity index is 2.56. The molecule has 0 saturated carbocycles. The summed E-state index contributed by atoms with van der Waals surface area (Å²) in [4.78, 5) is 1.08. The number of rotatable bonds is 1. The number of aromatic nitrogens is 1. The van der Waals surface area contributed by atoms with Crippen molar-refractivity contribution in [1.29, 1.82) is 0 Å². The highest BCUT2D eigenvalue weighted by Crippen LogP contribution is 2.43. The highest BCUT2D eigenvalue weighted by Gasteiger charge is 2.39. The van der Waals surface area contributed by atoms with Crippen molar-refractivity contribution in [1.82, 2.24) is 4.23 Å². The van der Waals surface area contributed by atoms with E-state index in [1.54, 1.807) is 0 Å². The van der Waals surface area contributed by atoms with Crippen LogP contribution in [0.15, 0.2) is 47.4 Å². The summed E-state index contributed by atoms with van der Waals surface area (Å²) >= 11 is 4.76. The molecule has 0 atom stereocenters. The summed E-state index contributed by atoms with van der Waals surface area (Å²) < 4.78 is 2.61. The molecule has 1 aromatic heterocycles. The number of fused-ring (bicyclic) bond motifs is 3. The summed E-state index contributed by atoms with van der Waals surface area (Å²) in [5, 5.41) is 2.94. The summed E-state index contributed by atoms with van der Waals surface area (Å²) in [6.07, 6.45) is 0. The Kier molecular flexibility index (Phi) is 3.26. The predicted octanol–water partition coefficient (Wildman–Crippen LogP) is 5.94. The van der Waals surface area contributed by atoms with Crippen molar-refractivity contribution < 1.29 is 0 Å². The largest absolute Gasteiger partial charge is 0.367 e. The molecule has 0 radical (unpaired) electrons. The fraction of sp³-hybridized carbons (Fsp3) is 0.333. The molecular formula is C18H23NSSi. The molecule has 21 heavy (non-hydrogen) atoms. The van der Waals surface area contributed by atoms with E-state index in [1.807, 2.05) is 0 Å². The highest BCUT2D eigenvalue weighted by molar-refractivity contribution is 7.80. The third-order valence-corrected chi connectivity index (χ3v) is 10.7. The van der Waals surface area contributed by atoms with Crippen LogP contribution in [0.3, 0.4) is 0 Å². The van der Waals surface area contributed by atoms with Crippen LogP contribution in [0.5, 0.6) is 0 Å². The second kappa shape index (κ2) is 4.65. The Bertz CT molecular complexity index is 824. The number of nitrogens with zero attached hydrogens (tertiary/aromatic N) is 1. The Morgan fingerprint density at radius 1 is 0.905 bits per heavy atom. The van der Waals surface area contributed by atoms with Crippen LogP contribution in [0.4, 0.5) is 0 Å². The van der Waals surface area contributed by atoms with E-state index >= 15 is 0 Å². The summed E-state index contributed by atoms with van der Waals surface area (Å²) in [5.74, 6) is 0. The molecule has 0 aliphatic rings. The van der Waals surface area contributed by atoms with Gasteiger partial charge in [-0.05, 0) is 17.2 Å². The Labute approximate surface area is 133 Å². The van der Waals surface area contributed by atoms with Gasteiger partial charge in [0.05, 0.1) is 5.52 Å². The van der Waals surface area contributed by atoms with Crippen molar-refractivity contribution in [2.75, 3.05) is 0 Å². The smallest absolute Gasteiger partial charge is 0.161 e. The van der Waals surface area contributed by atoms with Gasteiger partial charge in [-0.25, -0.2) is 0 Å². The van der Waals surface area contributed by atoms with Gasteiger partial charge < -0.3 is 4.23 Å². The molecule has 0 aliphatic heterocycles. The van der Waals surface area contributed by atoms with Gasteiger partial charge in [-0.3, -0.25) is 0 Å². The zero-order chi connectivity index (χ0) is 15.4. The van der Waals surface area contributed by atoms with Crippen LogP contribution in [0.25, 0.3) is 21.8 Å². The van der Waals surface area contributed by atoms with Gasteiger partial charge in [-0.2, -0.15) is 0 Å². The van der Waals surface area contributed by atoms with E-state index < -0.39 is 8.24 Å². The van der Waals surface area contributed by atoms with Crippen LogP contribution in [-0.2, 0) is 0 Å². The minimum atomic E-state index is -1.72. The van der Waals surface area contributed by atoms with Crippen LogP contribution in [-0.4, -0.2) is 12.5 Å². The van der Waals surface area contributed by atoms with E-state index in [4.69, 9.17) is 12.6 Å². The molecule has 3 heteroatoms. The molecule has 0 saturated heterocycles. The first-order valence-electron chi connectivity index (χ1n) is 7.47. The predicted molar refractivity (Wildman–Crippen MR) is 99.3 cm³/mol. The molecule has 0 unspecified atom stereocenters. The van der Waals surface area contributed by atoms with Gasteiger partial charge in [0.15, 0.2) is 8.24 Å². The number of hydrogen-bond acceptors (Lipinski definition) is 1. The van der Waals surface area contributed by atoms with Crippen LogP contribution >= 0.6 is 12.6 Å². The fourth-order valence-corrected chi connectivity index (χ4v) is 5.59. The summed E-state index contributed by atoms with van der Waals surface area (Å²) in [7, 11) is -1.72. The first-order chi connectivity index (χ1) is 9.75. The minimum Gasteiger partial charge on any atom is -0.367 e. The molecule has 1 nitrogen and oxygen atoms in total. The average molecular weight is 314 g/mol. The number of thiol groups is 1. The highest BCUT2D eigenvalue weighted by atomic mass is 32.1. The van der Waals surface area contributed by atoms with Crippen LogP contribution in [0.1, 0.15) is 20.8 Å². The van der Waals surface area contributed by atoms with Crippen molar-refractivity contribution in [2.24, 2.45) is 0 Å². The molecule has 0 spiro atoms. The van der Waals surface area contributed by atoms with E-state index in [-0.39, 0.29) is 5.04 Å². The van der Waals surface area contributed by atoms with Gasteiger partial charge in [0, 0.05) is 21.2 Å². The van der Waals surface area contributed by atoms with Crippen LogP contribution in [0, 0.1) is 0 Å². The second-order valence-electron chi connectivity index (χ2n) is 7.33. The van der Waals surface area contributed by atoms with Gasteiger partial charge in [-0.1, -0.05) is 64.2 Å². The number of para-hydroxylation sites is 2. The third-order valence-electron chi connectivity index (χ3n) is 5.07. The lowest BCUT2D eigenvalue weighted by Crippen LogP contribution is -2.45. The molecule has 3 rings (SSSR count). The molecule has 3 aromatic rings. The summed E-state index contributed by atoms with van der Waals surface area (Å²) in [5.41, 5.74) is 2.65. The molecule has 0 amide bonds. The van der Waals surface area contributed by atoms with Crippen molar-refractivity contribution in [3.63, 3.8) is 0 Å². The SMILES string of the molecule is CC(C)(C)[Si](C)(C)n1c2ccccc2c2cccc(S)c21. The van der Waals surface area contributed by atoms with Gasteiger partial charge in [-0.15, -0.1) is 12.6 Å². The molecule has 0 bridgehead atoms.